The van der Waals surface area contributed by atoms with E-state index in [0.717, 1.165) is 19.4 Å². The Balaban J connectivity index is 2.39. The topological polar surface area (TPSA) is 35.5 Å². The number of carbonyl (C=O) groups is 1. The van der Waals surface area contributed by atoms with Crippen LogP contribution in [0.4, 0.5) is 0 Å². The summed E-state index contributed by atoms with van der Waals surface area (Å²) in [5.74, 6) is -0.278. The molecule has 1 rings (SSSR count). The molecule has 0 radical (unpaired) electrons. The highest BCUT2D eigenvalue weighted by atomic mass is 16.5. The lowest BCUT2D eigenvalue weighted by Gasteiger charge is -2.15. The number of methoxy groups -OCH3 is 1. The fourth-order valence-corrected chi connectivity index (χ4v) is 1.33. The average Bonchev–Trinajstić information content (AvgIpc) is 2.53. The summed E-state index contributed by atoms with van der Waals surface area (Å²) in [5.41, 5.74) is 0. The highest BCUT2D eigenvalue weighted by Gasteiger charge is 2.28. The summed E-state index contributed by atoms with van der Waals surface area (Å²) in [6, 6.07) is 0. The summed E-state index contributed by atoms with van der Waals surface area (Å²) in [6.45, 7) is 2.63. The van der Waals surface area contributed by atoms with Gasteiger partial charge in [0.25, 0.3) is 0 Å². The van der Waals surface area contributed by atoms with Gasteiger partial charge >= 0.3 is 5.97 Å². The number of hydrogen-bond acceptors (Lipinski definition) is 3. The van der Waals surface area contributed by atoms with Gasteiger partial charge in [-0.1, -0.05) is 0 Å². The highest BCUT2D eigenvalue weighted by Crippen LogP contribution is 2.20. The van der Waals surface area contributed by atoms with Gasteiger partial charge < -0.3 is 9.47 Å². The molecule has 3 nitrogen and oxygen atoms in total. The van der Waals surface area contributed by atoms with Gasteiger partial charge in [-0.25, -0.2) is 0 Å². The molecule has 0 saturated carbocycles. The van der Waals surface area contributed by atoms with Crippen molar-refractivity contribution < 1.29 is 14.3 Å². The molecule has 1 aliphatic heterocycles. The largest absolute Gasteiger partial charge is 0.469 e. The Labute approximate surface area is 66.7 Å². The molecule has 0 bridgehead atoms. The first-order valence-corrected chi connectivity index (χ1v) is 3.95. The summed E-state index contributed by atoms with van der Waals surface area (Å²) >= 11 is 0. The molecule has 0 spiro atoms. The molecule has 2 atom stereocenters. The van der Waals surface area contributed by atoms with E-state index in [1.165, 1.54) is 7.11 Å². The molecule has 1 heterocycles. The molecule has 1 fully saturated rings. The Morgan fingerprint density at radius 3 is 2.91 bits per heavy atom. The van der Waals surface area contributed by atoms with Gasteiger partial charge in [-0.2, -0.15) is 0 Å². The van der Waals surface area contributed by atoms with Crippen molar-refractivity contribution in [3.05, 3.63) is 0 Å². The normalized spacial score (nSPS) is 26.5. The van der Waals surface area contributed by atoms with Gasteiger partial charge in [0, 0.05) is 6.61 Å². The van der Waals surface area contributed by atoms with Crippen molar-refractivity contribution in [1.82, 2.24) is 0 Å². The highest BCUT2D eigenvalue weighted by molar-refractivity contribution is 5.72. The third-order valence-corrected chi connectivity index (χ3v) is 2.10. The zero-order valence-electron chi connectivity index (χ0n) is 7.00. The number of ether oxygens (including phenoxy) is 2. The number of rotatable bonds is 2. The van der Waals surface area contributed by atoms with E-state index in [1.54, 1.807) is 0 Å². The van der Waals surface area contributed by atoms with Crippen LogP contribution in [0.2, 0.25) is 0 Å². The van der Waals surface area contributed by atoms with Crippen molar-refractivity contribution in [3.8, 4) is 0 Å². The molecular weight excluding hydrogens is 144 g/mol. The quantitative estimate of drug-likeness (QED) is 0.562. The summed E-state index contributed by atoms with van der Waals surface area (Å²) < 4.78 is 9.94. The molecule has 11 heavy (non-hydrogen) atoms. The summed E-state index contributed by atoms with van der Waals surface area (Å²) in [6.07, 6.45) is 2.13. The average molecular weight is 158 g/mol. The Kier molecular flexibility index (Phi) is 2.88. The van der Waals surface area contributed by atoms with Gasteiger partial charge in [-0.3, -0.25) is 4.79 Å². The molecule has 2 unspecified atom stereocenters. The predicted molar refractivity (Wildman–Crippen MR) is 40.2 cm³/mol. The zero-order valence-corrected chi connectivity index (χ0v) is 7.00. The monoisotopic (exact) mass is 158 g/mol. The number of carbonyl (C=O) groups excluding carboxylic acids is 1. The van der Waals surface area contributed by atoms with Crippen LogP contribution in [0.5, 0.6) is 0 Å². The third kappa shape index (κ3) is 1.93. The first-order chi connectivity index (χ1) is 5.25. The minimum Gasteiger partial charge on any atom is -0.469 e. The maximum Gasteiger partial charge on any atom is 0.311 e. The lowest BCUT2D eigenvalue weighted by atomic mass is 10.0. The maximum absolute atomic E-state index is 11.0. The van der Waals surface area contributed by atoms with Gasteiger partial charge in [-0.05, 0) is 19.8 Å². The summed E-state index contributed by atoms with van der Waals surface area (Å²) in [5, 5.41) is 0. The van der Waals surface area contributed by atoms with E-state index in [2.05, 4.69) is 4.74 Å². The van der Waals surface area contributed by atoms with Gasteiger partial charge in [0.05, 0.1) is 19.1 Å². The van der Waals surface area contributed by atoms with E-state index >= 15 is 0 Å². The van der Waals surface area contributed by atoms with Crippen LogP contribution >= 0.6 is 0 Å². The van der Waals surface area contributed by atoms with E-state index in [1.807, 2.05) is 6.92 Å². The first kappa shape index (κ1) is 8.53. The SMILES string of the molecule is COC(=O)C(C)C1CCCO1. The van der Waals surface area contributed by atoms with Crippen LogP contribution in [-0.4, -0.2) is 25.8 Å². The minimum absolute atomic E-state index is 0.0856. The molecule has 64 valence electrons. The molecule has 0 amide bonds. The van der Waals surface area contributed by atoms with E-state index < -0.39 is 0 Å². The second-order valence-corrected chi connectivity index (χ2v) is 2.86. The second kappa shape index (κ2) is 3.72. The molecular formula is C8H14O3. The van der Waals surface area contributed by atoms with Crippen molar-refractivity contribution in [1.29, 1.82) is 0 Å². The van der Waals surface area contributed by atoms with Crippen LogP contribution in [0.1, 0.15) is 19.8 Å². The fourth-order valence-electron chi connectivity index (χ4n) is 1.33. The smallest absolute Gasteiger partial charge is 0.311 e. The minimum atomic E-state index is -0.170. The van der Waals surface area contributed by atoms with Crippen LogP contribution in [0.3, 0.4) is 0 Å². The lowest BCUT2D eigenvalue weighted by molar-refractivity contribution is -0.148. The predicted octanol–water partition coefficient (Wildman–Crippen LogP) is 0.974. The van der Waals surface area contributed by atoms with Crippen LogP contribution in [0.15, 0.2) is 0 Å². The van der Waals surface area contributed by atoms with Crippen LogP contribution in [0, 0.1) is 5.92 Å². The molecule has 1 saturated heterocycles. The van der Waals surface area contributed by atoms with E-state index in [9.17, 15) is 4.79 Å². The van der Waals surface area contributed by atoms with Crippen LogP contribution < -0.4 is 0 Å². The van der Waals surface area contributed by atoms with Gasteiger partial charge in [0.1, 0.15) is 0 Å². The second-order valence-electron chi connectivity index (χ2n) is 2.86. The van der Waals surface area contributed by atoms with E-state index in [4.69, 9.17) is 4.74 Å². The zero-order chi connectivity index (χ0) is 8.27. The van der Waals surface area contributed by atoms with Crippen molar-refractivity contribution in [3.63, 3.8) is 0 Å². The van der Waals surface area contributed by atoms with Gasteiger partial charge in [0.2, 0.25) is 0 Å². The van der Waals surface area contributed by atoms with E-state index in [0.29, 0.717) is 0 Å². The number of hydrogen-bond donors (Lipinski definition) is 0. The third-order valence-electron chi connectivity index (χ3n) is 2.10. The Morgan fingerprint density at radius 2 is 2.45 bits per heavy atom. The molecule has 3 heteroatoms. The molecule has 0 aromatic heterocycles. The Morgan fingerprint density at radius 1 is 1.73 bits per heavy atom. The Bertz CT molecular complexity index is 138. The molecule has 0 aromatic carbocycles. The van der Waals surface area contributed by atoms with Gasteiger partial charge in [0.15, 0.2) is 0 Å². The van der Waals surface area contributed by atoms with Crippen LogP contribution in [-0.2, 0) is 14.3 Å². The van der Waals surface area contributed by atoms with Crippen molar-refractivity contribution in [2.24, 2.45) is 5.92 Å². The van der Waals surface area contributed by atoms with Crippen molar-refractivity contribution >= 4 is 5.97 Å². The van der Waals surface area contributed by atoms with Crippen molar-refractivity contribution in [2.75, 3.05) is 13.7 Å². The standard InChI is InChI=1S/C8H14O3/c1-6(8(9)10-2)7-4-3-5-11-7/h6-7H,3-5H2,1-2H3. The molecule has 0 N–H and O–H groups in total. The Hall–Kier alpha value is -0.570. The molecule has 1 aliphatic rings. The first-order valence-electron chi connectivity index (χ1n) is 3.95. The van der Waals surface area contributed by atoms with Gasteiger partial charge in [-0.15, -0.1) is 0 Å². The van der Waals surface area contributed by atoms with Crippen LogP contribution in [0.25, 0.3) is 0 Å². The molecule has 0 aromatic rings. The lowest BCUT2D eigenvalue weighted by Crippen LogP contribution is -2.25. The molecule has 0 aliphatic carbocycles. The maximum atomic E-state index is 11.0. The summed E-state index contributed by atoms with van der Waals surface area (Å²) in [7, 11) is 1.41. The summed E-state index contributed by atoms with van der Waals surface area (Å²) in [4.78, 5) is 11.0. The fraction of sp³-hybridized carbons (Fsp3) is 0.875. The van der Waals surface area contributed by atoms with Crippen molar-refractivity contribution in [2.45, 2.75) is 25.9 Å². The number of esters is 1. The van der Waals surface area contributed by atoms with E-state index in [-0.39, 0.29) is 18.0 Å².